The highest BCUT2D eigenvalue weighted by molar-refractivity contribution is 7.93. The highest BCUT2D eigenvalue weighted by atomic mass is 32.2. The number of carbonyl (C=O) groups is 2. The maximum Gasteiger partial charge on any atom is 0.338 e. The van der Waals surface area contributed by atoms with Crippen LogP contribution in [0.15, 0.2) is 89.8 Å². The van der Waals surface area contributed by atoms with Crippen LogP contribution in [0.2, 0.25) is 0 Å². The van der Waals surface area contributed by atoms with Crippen LogP contribution in [0.25, 0.3) is 11.1 Å². The second-order valence-electron chi connectivity index (χ2n) is 11.8. The molecule has 9 nitrogen and oxygen atoms in total. The maximum atomic E-state index is 14.4. The zero-order chi connectivity index (χ0) is 33.9. The molecule has 12 heteroatoms. The van der Waals surface area contributed by atoms with Crippen molar-refractivity contribution in [1.82, 2.24) is 5.32 Å². The maximum absolute atomic E-state index is 14.4. The van der Waals surface area contributed by atoms with E-state index in [4.69, 9.17) is 14.2 Å². The lowest BCUT2D eigenvalue weighted by Gasteiger charge is -2.27. The molecule has 4 aromatic carbocycles. The molecule has 5 rings (SSSR count). The van der Waals surface area contributed by atoms with Crippen LogP contribution in [0.5, 0.6) is 11.5 Å². The Morgan fingerprint density at radius 3 is 2.30 bits per heavy atom. The van der Waals surface area contributed by atoms with Crippen molar-refractivity contribution in [2.75, 3.05) is 24.6 Å². The number of anilines is 1. The fourth-order valence-corrected chi connectivity index (χ4v) is 6.87. The van der Waals surface area contributed by atoms with Gasteiger partial charge in [-0.3, -0.25) is 4.79 Å². The molecule has 1 N–H and O–H groups in total. The van der Waals surface area contributed by atoms with E-state index >= 15 is 0 Å². The number of benzene rings is 4. The Labute approximate surface area is 272 Å². The molecule has 1 amide bonds. The summed E-state index contributed by atoms with van der Waals surface area (Å²) in [4.78, 5) is 25.6. The molecule has 1 heterocycles. The number of carbonyl (C=O) groups excluding carboxylic acids is 2. The molecule has 0 aliphatic carbocycles. The van der Waals surface area contributed by atoms with Crippen LogP contribution < -0.4 is 19.1 Å². The van der Waals surface area contributed by atoms with E-state index in [1.807, 2.05) is 0 Å². The lowest BCUT2D eigenvalue weighted by atomic mass is 10.1. The van der Waals surface area contributed by atoms with Crippen LogP contribution in [0.3, 0.4) is 0 Å². The zero-order valence-corrected chi connectivity index (χ0v) is 27.1. The average molecular weight is 665 g/mol. The standard InChI is InChI=1S/C35H34F2N2O7S/c1-35(2,3)46-34(41)23-8-13-26(14-9-23)45-19-18-38-33(40)30-20-24-6-5-7-31(44-4)32(24)39(30)47(42,43)27-15-10-22(11-16-27)28-17-12-25(36)21-29(28)37/h5-17,21,30H,18-20H2,1-4H3,(H,38,40). The number of para-hydroxylation sites is 1. The second kappa shape index (κ2) is 13.4. The number of nitrogens with one attached hydrogen (secondary N) is 1. The molecule has 1 unspecified atom stereocenters. The summed E-state index contributed by atoms with van der Waals surface area (Å²) in [5.74, 6) is -1.75. The van der Waals surface area contributed by atoms with Gasteiger partial charge in [0, 0.05) is 18.1 Å². The van der Waals surface area contributed by atoms with Crippen molar-refractivity contribution in [2.45, 2.75) is 43.7 Å². The van der Waals surface area contributed by atoms with E-state index in [1.165, 1.54) is 37.4 Å². The van der Waals surface area contributed by atoms with Gasteiger partial charge in [-0.1, -0.05) is 24.3 Å². The molecule has 4 aromatic rings. The first kappa shape index (κ1) is 33.4. The quantitative estimate of drug-likeness (QED) is 0.166. The van der Waals surface area contributed by atoms with Gasteiger partial charge in [0.05, 0.1) is 29.8 Å². The minimum Gasteiger partial charge on any atom is -0.495 e. The summed E-state index contributed by atoms with van der Waals surface area (Å²) in [5, 5.41) is 2.76. The highest BCUT2D eigenvalue weighted by Crippen LogP contribution is 2.43. The number of esters is 1. The Kier molecular flexibility index (Phi) is 9.53. The van der Waals surface area contributed by atoms with Crippen LogP contribution in [0, 0.1) is 11.6 Å². The molecule has 246 valence electrons. The molecular weight excluding hydrogens is 630 g/mol. The van der Waals surface area contributed by atoms with Gasteiger partial charge >= 0.3 is 5.97 Å². The van der Waals surface area contributed by atoms with Crippen LogP contribution in [-0.4, -0.2) is 52.2 Å². The number of hydrogen-bond donors (Lipinski definition) is 1. The summed E-state index contributed by atoms with van der Waals surface area (Å²) in [5.41, 5.74) is 1.08. The number of halogens is 2. The van der Waals surface area contributed by atoms with E-state index < -0.39 is 45.2 Å². The first-order valence-electron chi connectivity index (χ1n) is 14.8. The summed E-state index contributed by atoms with van der Waals surface area (Å²) in [6.45, 7) is 5.49. The topological polar surface area (TPSA) is 111 Å². The third kappa shape index (κ3) is 7.38. The summed E-state index contributed by atoms with van der Waals surface area (Å²) in [7, 11) is -2.91. The average Bonchev–Trinajstić information content (AvgIpc) is 3.44. The first-order chi connectivity index (χ1) is 22.3. The SMILES string of the molecule is COc1cccc2c1N(S(=O)(=O)c1ccc(-c3ccc(F)cc3F)cc1)C(C(=O)NCCOc1ccc(C(=O)OC(C)(C)C)cc1)C2. The summed E-state index contributed by atoms with van der Waals surface area (Å²) in [6, 6.07) is 19.0. The number of hydrogen-bond acceptors (Lipinski definition) is 7. The van der Waals surface area contributed by atoms with E-state index in [0.717, 1.165) is 16.4 Å². The zero-order valence-electron chi connectivity index (χ0n) is 26.3. The summed E-state index contributed by atoms with van der Waals surface area (Å²) in [6.07, 6.45) is 0.101. The number of amides is 1. The van der Waals surface area contributed by atoms with Gasteiger partial charge < -0.3 is 19.5 Å². The Balaban J connectivity index is 1.30. The van der Waals surface area contributed by atoms with Crippen molar-refractivity contribution in [3.63, 3.8) is 0 Å². The largest absolute Gasteiger partial charge is 0.495 e. The van der Waals surface area contributed by atoms with Gasteiger partial charge in [-0.15, -0.1) is 0 Å². The van der Waals surface area contributed by atoms with E-state index in [1.54, 1.807) is 63.2 Å². The molecule has 47 heavy (non-hydrogen) atoms. The fourth-order valence-electron chi connectivity index (χ4n) is 5.21. The van der Waals surface area contributed by atoms with E-state index in [-0.39, 0.29) is 41.5 Å². The number of methoxy groups -OCH3 is 1. The number of nitrogens with zero attached hydrogens (tertiary/aromatic N) is 1. The van der Waals surface area contributed by atoms with Crippen molar-refractivity contribution in [3.8, 4) is 22.6 Å². The van der Waals surface area contributed by atoms with Crippen LogP contribution in [0.4, 0.5) is 14.5 Å². The molecule has 1 aliphatic heterocycles. The molecule has 0 aromatic heterocycles. The monoisotopic (exact) mass is 664 g/mol. The minimum atomic E-state index is -4.32. The van der Waals surface area contributed by atoms with Crippen molar-refractivity contribution in [3.05, 3.63) is 108 Å². The number of rotatable bonds is 10. The second-order valence-corrected chi connectivity index (χ2v) is 13.6. The Morgan fingerprint density at radius 2 is 1.66 bits per heavy atom. The van der Waals surface area contributed by atoms with Crippen molar-refractivity contribution in [1.29, 1.82) is 0 Å². The predicted octanol–water partition coefficient (Wildman–Crippen LogP) is 5.91. The Bertz CT molecular complexity index is 1890. The molecule has 0 saturated carbocycles. The molecule has 0 fully saturated rings. The lowest BCUT2D eigenvalue weighted by molar-refractivity contribution is -0.122. The predicted molar refractivity (Wildman–Crippen MR) is 172 cm³/mol. The first-order valence-corrected chi connectivity index (χ1v) is 16.2. The normalized spacial score (nSPS) is 14.3. The molecular formula is C35H34F2N2O7S. The number of fused-ring (bicyclic) bond motifs is 1. The van der Waals surface area contributed by atoms with Gasteiger partial charge in [0.25, 0.3) is 10.0 Å². The summed E-state index contributed by atoms with van der Waals surface area (Å²) < 4.78 is 73.6. The van der Waals surface area contributed by atoms with Gasteiger partial charge in [0.15, 0.2) is 0 Å². The van der Waals surface area contributed by atoms with Crippen LogP contribution in [-0.2, 0) is 26.0 Å². The van der Waals surface area contributed by atoms with Gasteiger partial charge in [-0.25, -0.2) is 26.3 Å². The molecule has 0 spiro atoms. The molecule has 0 radical (unpaired) electrons. The van der Waals surface area contributed by atoms with Gasteiger partial charge in [-0.05, 0) is 86.5 Å². The van der Waals surface area contributed by atoms with Crippen LogP contribution in [0.1, 0.15) is 36.7 Å². The third-order valence-corrected chi connectivity index (χ3v) is 9.16. The van der Waals surface area contributed by atoms with Crippen molar-refractivity contribution in [2.24, 2.45) is 0 Å². The minimum absolute atomic E-state index is 0.0719. The Hall–Kier alpha value is -4.97. The molecule has 0 saturated heterocycles. The van der Waals surface area contributed by atoms with E-state index in [2.05, 4.69) is 5.32 Å². The molecule has 0 bridgehead atoms. The highest BCUT2D eigenvalue weighted by Gasteiger charge is 2.44. The van der Waals surface area contributed by atoms with Crippen molar-refractivity contribution >= 4 is 27.6 Å². The fraction of sp³-hybridized carbons (Fsp3) is 0.257. The van der Waals surface area contributed by atoms with Gasteiger partial charge in [0.2, 0.25) is 5.91 Å². The summed E-state index contributed by atoms with van der Waals surface area (Å²) >= 11 is 0. The number of ether oxygens (including phenoxy) is 3. The molecule has 1 aliphatic rings. The third-order valence-electron chi connectivity index (χ3n) is 7.33. The van der Waals surface area contributed by atoms with Gasteiger partial charge in [-0.2, -0.15) is 0 Å². The lowest BCUT2D eigenvalue weighted by Crippen LogP contribution is -2.48. The van der Waals surface area contributed by atoms with Crippen molar-refractivity contribution < 1.29 is 41.0 Å². The van der Waals surface area contributed by atoms with Crippen LogP contribution >= 0.6 is 0 Å². The number of sulfonamides is 1. The molecule has 1 atom stereocenters. The smallest absolute Gasteiger partial charge is 0.338 e. The van der Waals surface area contributed by atoms with E-state index in [0.29, 0.717) is 22.4 Å². The van der Waals surface area contributed by atoms with E-state index in [9.17, 15) is 26.8 Å². The Morgan fingerprint density at radius 1 is 0.957 bits per heavy atom. The van der Waals surface area contributed by atoms with Gasteiger partial charge in [0.1, 0.15) is 41.4 Å².